The van der Waals surface area contributed by atoms with Crippen LogP contribution in [-0.4, -0.2) is 92.7 Å². The van der Waals surface area contributed by atoms with Gasteiger partial charge in [0.1, 0.15) is 0 Å². The number of ether oxygens (including phenoxy) is 1. The van der Waals surface area contributed by atoms with Crippen molar-refractivity contribution in [2.24, 2.45) is 10.9 Å². The smallest absolute Gasteiger partial charge is 0.232 e. The van der Waals surface area contributed by atoms with Gasteiger partial charge in [0, 0.05) is 45.8 Å². The van der Waals surface area contributed by atoms with Gasteiger partial charge in [0.2, 0.25) is 11.8 Å². The molecule has 1 N–H and O–H groups in total. The molecule has 0 radical (unpaired) electrons. The van der Waals surface area contributed by atoms with Crippen molar-refractivity contribution in [2.45, 2.75) is 18.9 Å². The van der Waals surface area contributed by atoms with E-state index in [4.69, 9.17) is 4.74 Å². The maximum absolute atomic E-state index is 5.28. The fourth-order valence-corrected chi connectivity index (χ4v) is 3.89. The predicted molar refractivity (Wildman–Crippen MR) is 112 cm³/mol. The summed E-state index contributed by atoms with van der Waals surface area (Å²) in [5.74, 6) is 3.08. The average molecular weight is 440 g/mol. The first-order valence-corrected chi connectivity index (χ1v) is 10.3. The van der Waals surface area contributed by atoms with E-state index in [1.165, 1.54) is 12.8 Å². The van der Waals surface area contributed by atoms with Crippen molar-refractivity contribution in [1.82, 2.24) is 25.1 Å². The van der Waals surface area contributed by atoms with Crippen molar-refractivity contribution in [3.05, 3.63) is 10.7 Å². The molecule has 1 aliphatic heterocycles. The van der Waals surface area contributed by atoms with Gasteiger partial charge in [-0.25, -0.2) is 4.98 Å². The van der Waals surface area contributed by atoms with Gasteiger partial charge < -0.3 is 24.8 Å². The molecule has 150 valence electrons. The van der Waals surface area contributed by atoms with Crippen molar-refractivity contribution in [1.29, 1.82) is 0 Å². The summed E-state index contributed by atoms with van der Waals surface area (Å²) in [4.78, 5) is 20.2. The number of piperazine rings is 1. The minimum absolute atomic E-state index is 0.565. The topological polar surface area (TPSA) is 69.1 Å². The molecule has 0 bridgehead atoms. The zero-order valence-corrected chi connectivity index (χ0v) is 18.2. The van der Waals surface area contributed by atoms with E-state index in [1.807, 2.05) is 7.05 Å². The third-order valence-electron chi connectivity index (χ3n) is 5.27. The molecule has 1 saturated heterocycles. The number of methoxy groups -OCH3 is 1. The van der Waals surface area contributed by atoms with Crippen LogP contribution in [0.3, 0.4) is 0 Å². The Labute approximate surface area is 170 Å². The lowest BCUT2D eigenvalue weighted by molar-refractivity contribution is 0.260. The number of likely N-dealkylation sites (N-methyl/N-ethyl adjacent to an activating group) is 1. The quantitative estimate of drug-likeness (QED) is 0.528. The summed E-state index contributed by atoms with van der Waals surface area (Å²) >= 11 is 3.40. The van der Waals surface area contributed by atoms with E-state index < -0.39 is 0 Å². The Morgan fingerprint density at radius 3 is 2.63 bits per heavy atom. The van der Waals surface area contributed by atoms with Crippen molar-refractivity contribution in [3.8, 4) is 5.88 Å². The van der Waals surface area contributed by atoms with Crippen LogP contribution < -0.4 is 15.0 Å². The number of rotatable bonds is 6. The van der Waals surface area contributed by atoms with Crippen molar-refractivity contribution in [2.75, 3.05) is 65.9 Å². The Kier molecular flexibility index (Phi) is 6.75. The molecule has 1 saturated carbocycles. The Hall–Kier alpha value is -1.61. The van der Waals surface area contributed by atoms with Gasteiger partial charge in [-0.2, -0.15) is 4.98 Å². The molecule has 3 rings (SSSR count). The van der Waals surface area contributed by atoms with Crippen LogP contribution in [0.1, 0.15) is 12.8 Å². The van der Waals surface area contributed by atoms with E-state index in [2.05, 4.69) is 65.0 Å². The van der Waals surface area contributed by atoms with E-state index in [0.29, 0.717) is 17.9 Å². The number of hydrogen-bond acceptors (Lipinski definition) is 6. The molecule has 0 aromatic carbocycles. The lowest BCUT2D eigenvalue weighted by Gasteiger charge is -2.37. The summed E-state index contributed by atoms with van der Waals surface area (Å²) < 4.78 is 6.05. The average Bonchev–Trinajstić information content (AvgIpc) is 3.50. The van der Waals surface area contributed by atoms with Gasteiger partial charge >= 0.3 is 0 Å². The molecule has 2 heterocycles. The Bertz CT molecular complexity index is 655. The van der Waals surface area contributed by atoms with Gasteiger partial charge in [-0.3, -0.25) is 4.99 Å². The number of anilines is 1. The number of nitrogens with one attached hydrogen (secondary N) is 1. The normalized spacial score (nSPS) is 19.4. The van der Waals surface area contributed by atoms with Crippen molar-refractivity contribution >= 4 is 27.8 Å². The molecule has 9 heteroatoms. The second-order valence-corrected chi connectivity index (χ2v) is 8.15. The zero-order chi connectivity index (χ0) is 19.4. The minimum Gasteiger partial charge on any atom is -0.480 e. The number of aromatic nitrogens is 2. The van der Waals surface area contributed by atoms with E-state index in [0.717, 1.165) is 49.1 Å². The van der Waals surface area contributed by atoms with Gasteiger partial charge in [0.15, 0.2) is 5.96 Å². The summed E-state index contributed by atoms with van der Waals surface area (Å²) in [7, 11) is 7.81. The van der Waals surface area contributed by atoms with Gasteiger partial charge in [-0.05, 0) is 48.8 Å². The highest BCUT2D eigenvalue weighted by Crippen LogP contribution is 2.34. The molecule has 0 spiro atoms. The van der Waals surface area contributed by atoms with Crippen molar-refractivity contribution < 1.29 is 4.74 Å². The lowest BCUT2D eigenvalue weighted by Crippen LogP contribution is -2.54. The standard InChI is InChI=1S/C18H30BrN7O/c1-20-17(22-12-15(24(2)3)13-5-6-13)25-7-9-26(10-8-25)18-21-11-14(19)16(23-18)27-4/h11,13,15H,5-10,12H2,1-4H3,(H,20,22). The molecular formula is C18H30BrN7O. The molecule has 8 nitrogen and oxygen atoms in total. The maximum atomic E-state index is 5.28. The molecule has 1 aliphatic carbocycles. The molecule has 1 aromatic rings. The first-order chi connectivity index (χ1) is 13.0. The second kappa shape index (κ2) is 9.05. The lowest BCUT2D eigenvalue weighted by atomic mass is 10.1. The van der Waals surface area contributed by atoms with Crippen LogP contribution in [0.25, 0.3) is 0 Å². The predicted octanol–water partition coefficient (Wildman–Crippen LogP) is 1.29. The van der Waals surface area contributed by atoms with Crippen molar-refractivity contribution in [3.63, 3.8) is 0 Å². The molecule has 1 unspecified atom stereocenters. The van der Waals surface area contributed by atoms with Crippen LogP contribution in [0, 0.1) is 5.92 Å². The third-order valence-corrected chi connectivity index (χ3v) is 5.81. The number of guanidine groups is 1. The molecule has 1 aromatic heterocycles. The SMILES string of the molecule is CN=C(NCC(C1CC1)N(C)C)N1CCN(c2ncc(Br)c(OC)n2)CC1. The molecule has 2 fully saturated rings. The Balaban J connectivity index is 1.54. The summed E-state index contributed by atoms with van der Waals surface area (Å²) in [5.41, 5.74) is 0. The highest BCUT2D eigenvalue weighted by Gasteiger charge is 2.33. The van der Waals surface area contributed by atoms with E-state index in [-0.39, 0.29) is 0 Å². The van der Waals surface area contributed by atoms with Gasteiger partial charge in [0.25, 0.3) is 0 Å². The van der Waals surface area contributed by atoms with E-state index in [1.54, 1.807) is 13.3 Å². The number of hydrogen-bond donors (Lipinski definition) is 1. The first-order valence-electron chi connectivity index (χ1n) is 9.47. The number of nitrogens with zero attached hydrogens (tertiary/aromatic N) is 6. The number of halogens is 1. The van der Waals surface area contributed by atoms with Gasteiger partial charge in [-0.1, -0.05) is 0 Å². The third kappa shape index (κ3) is 5.01. The van der Waals surface area contributed by atoms with Gasteiger partial charge in [0.05, 0.1) is 17.8 Å². The molecular weight excluding hydrogens is 410 g/mol. The Morgan fingerprint density at radius 2 is 2.07 bits per heavy atom. The molecule has 27 heavy (non-hydrogen) atoms. The van der Waals surface area contributed by atoms with E-state index in [9.17, 15) is 0 Å². The van der Waals surface area contributed by atoms with Gasteiger partial charge in [-0.15, -0.1) is 0 Å². The molecule has 1 atom stereocenters. The highest BCUT2D eigenvalue weighted by molar-refractivity contribution is 9.10. The van der Waals surface area contributed by atoms with Crippen LogP contribution in [-0.2, 0) is 0 Å². The van der Waals surface area contributed by atoms with Crippen LogP contribution in [0.4, 0.5) is 5.95 Å². The first kappa shape index (κ1) is 20.1. The summed E-state index contributed by atoms with van der Waals surface area (Å²) in [5, 5.41) is 3.58. The highest BCUT2D eigenvalue weighted by atomic mass is 79.9. The Morgan fingerprint density at radius 1 is 1.37 bits per heavy atom. The van der Waals surface area contributed by atoms with Crippen LogP contribution in [0.5, 0.6) is 5.88 Å². The summed E-state index contributed by atoms with van der Waals surface area (Å²) in [6, 6.07) is 0.576. The maximum Gasteiger partial charge on any atom is 0.232 e. The number of aliphatic imine (C=N–C) groups is 1. The van der Waals surface area contributed by atoms with Crippen LogP contribution >= 0.6 is 15.9 Å². The fraction of sp³-hybridized carbons (Fsp3) is 0.722. The molecule has 2 aliphatic rings. The summed E-state index contributed by atoms with van der Waals surface area (Å²) in [6.45, 7) is 4.42. The minimum atomic E-state index is 0.565. The second-order valence-electron chi connectivity index (χ2n) is 7.30. The van der Waals surface area contributed by atoms with Crippen LogP contribution in [0.15, 0.2) is 15.7 Å². The monoisotopic (exact) mass is 439 g/mol. The molecule has 0 amide bonds. The zero-order valence-electron chi connectivity index (χ0n) is 16.7. The van der Waals surface area contributed by atoms with Crippen LogP contribution in [0.2, 0.25) is 0 Å². The fourth-order valence-electron chi connectivity index (χ4n) is 3.54. The summed E-state index contributed by atoms with van der Waals surface area (Å²) in [6.07, 6.45) is 4.43. The largest absolute Gasteiger partial charge is 0.480 e. The van der Waals surface area contributed by atoms with E-state index >= 15 is 0 Å².